The quantitative estimate of drug-likeness (QED) is 0.723. The van der Waals surface area contributed by atoms with Gasteiger partial charge in [0.15, 0.2) is 6.10 Å². The second-order valence-corrected chi connectivity index (χ2v) is 6.75. The minimum Gasteiger partial charge on any atom is -0.449 e. The first-order chi connectivity index (χ1) is 12.9. The Bertz CT molecular complexity index is 759. The number of ether oxygens (including phenoxy) is 1. The Hall–Kier alpha value is -2.82. The average molecular weight is 368 g/mol. The van der Waals surface area contributed by atoms with Gasteiger partial charge in [-0.1, -0.05) is 43.3 Å². The molecule has 2 rings (SSSR count). The Labute approximate surface area is 161 Å². The molecule has 0 bridgehead atoms. The Morgan fingerprint density at radius 3 is 2.41 bits per heavy atom. The molecular formula is C22H28N2O3. The third-order valence-electron chi connectivity index (χ3n) is 4.54. The van der Waals surface area contributed by atoms with Crippen LogP contribution in [0.15, 0.2) is 54.6 Å². The van der Waals surface area contributed by atoms with Crippen molar-refractivity contribution in [2.24, 2.45) is 0 Å². The molecule has 2 atom stereocenters. The molecule has 2 aromatic carbocycles. The monoisotopic (exact) mass is 368 g/mol. The van der Waals surface area contributed by atoms with Crippen LogP contribution in [0, 0.1) is 0 Å². The summed E-state index contributed by atoms with van der Waals surface area (Å²) in [6.45, 7) is 4.19. The number of hydrogen-bond donors (Lipinski definition) is 1. The van der Waals surface area contributed by atoms with Crippen LogP contribution < -0.4 is 10.2 Å². The average Bonchev–Trinajstić information content (AvgIpc) is 2.69. The summed E-state index contributed by atoms with van der Waals surface area (Å²) in [5.74, 6) is -0.562. The van der Waals surface area contributed by atoms with Crippen LogP contribution >= 0.6 is 0 Å². The third-order valence-corrected chi connectivity index (χ3v) is 4.54. The smallest absolute Gasteiger partial charge is 0.338 e. The van der Waals surface area contributed by atoms with E-state index in [1.54, 1.807) is 25.1 Å². The predicted molar refractivity (Wildman–Crippen MR) is 108 cm³/mol. The van der Waals surface area contributed by atoms with Crippen LogP contribution in [0.5, 0.6) is 0 Å². The highest BCUT2D eigenvalue weighted by Crippen LogP contribution is 2.18. The van der Waals surface area contributed by atoms with Crippen molar-refractivity contribution in [1.29, 1.82) is 0 Å². The maximum Gasteiger partial charge on any atom is 0.338 e. The van der Waals surface area contributed by atoms with Crippen LogP contribution in [0.2, 0.25) is 0 Å². The van der Waals surface area contributed by atoms with E-state index in [0.717, 1.165) is 12.1 Å². The summed E-state index contributed by atoms with van der Waals surface area (Å²) in [6.07, 6.45) is 0.0595. The van der Waals surface area contributed by atoms with Gasteiger partial charge in [-0.05, 0) is 37.1 Å². The van der Waals surface area contributed by atoms with Crippen molar-refractivity contribution >= 4 is 17.6 Å². The number of nitrogens with one attached hydrogen (secondary N) is 1. The van der Waals surface area contributed by atoms with Crippen molar-refractivity contribution in [1.82, 2.24) is 5.32 Å². The Kier molecular flexibility index (Phi) is 7.41. The predicted octanol–water partition coefficient (Wildman–Crippen LogP) is 3.61. The molecule has 5 nitrogen and oxygen atoms in total. The van der Waals surface area contributed by atoms with Crippen molar-refractivity contribution < 1.29 is 14.3 Å². The SMILES string of the molecule is CC[C@H](CNC(=O)[C@@H](C)OC(=O)c1cccc(N(C)C)c1)c1ccccc1. The molecule has 1 amide bonds. The van der Waals surface area contributed by atoms with Crippen LogP contribution in [0.1, 0.15) is 42.1 Å². The molecule has 0 fully saturated rings. The van der Waals surface area contributed by atoms with Gasteiger partial charge in [0.25, 0.3) is 5.91 Å². The number of esters is 1. The number of rotatable bonds is 8. The molecule has 0 saturated heterocycles. The molecule has 2 aromatic rings. The summed E-state index contributed by atoms with van der Waals surface area (Å²) >= 11 is 0. The zero-order chi connectivity index (χ0) is 19.8. The Morgan fingerprint density at radius 1 is 1.07 bits per heavy atom. The largest absolute Gasteiger partial charge is 0.449 e. The van der Waals surface area contributed by atoms with E-state index < -0.39 is 12.1 Å². The fraction of sp³-hybridized carbons (Fsp3) is 0.364. The zero-order valence-corrected chi connectivity index (χ0v) is 16.4. The molecule has 0 aliphatic rings. The van der Waals surface area contributed by atoms with Gasteiger partial charge in [0.2, 0.25) is 0 Å². The van der Waals surface area contributed by atoms with Crippen molar-refractivity contribution in [3.63, 3.8) is 0 Å². The summed E-state index contributed by atoms with van der Waals surface area (Å²) in [6, 6.07) is 17.2. The van der Waals surface area contributed by atoms with Crippen LogP contribution in [0.25, 0.3) is 0 Å². The molecule has 1 N–H and O–H groups in total. The Morgan fingerprint density at radius 2 is 1.78 bits per heavy atom. The number of carbonyl (C=O) groups is 2. The number of hydrogen-bond acceptors (Lipinski definition) is 4. The first-order valence-electron chi connectivity index (χ1n) is 9.23. The molecule has 0 saturated carbocycles. The number of anilines is 1. The standard InChI is InChI=1S/C22H28N2O3/c1-5-17(18-10-7-6-8-11-18)15-23-21(25)16(2)27-22(26)19-12-9-13-20(14-19)24(3)4/h6-14,16-17H,5,15H2,1-4H3,(H,23,25)/t16-,17-/m1/s1. The van der Waals surface area contributed by atoms with E-state index in [-0.39, 0.29) is 11.8 Å². The van der Waals surface area contributed by atoms with Gasteiger partial charge in [-0.25, -0.2) is 4.79 Å². The lowest BCUT2D eigenvalue weighted by Gasteiger charge is -2.19. The van der Waals surface area contributed by atoms with Crippen LogP contribution in [0.4, 0.5) is 5.69 Å². The lowest BCUT2D eigenvalue weighted by atomic mass is 9.96. The summed E-state index contributed by atoms with van der Waals surface area (Å²) < 4.78 is 5.34. The molecule has 144 valence electrons. The molecule has 0 heterocycles. The van der Waals surface area contributed by atoms with Gasteiger partial charge in [0.1, 0.15) is 0 Å². The lowest BCUT2D eigenvalue weighted by molar-refractivity contribution is -0.129. The van der Waals surface area contributed by atoms with E-state index in [0.29, 0.717) is 12.1 Å². The van der Waals surface area contributed by atoms with Crippen molar-refractivity contribution in [3.05, 3.63) is 65.7 Å². The van der Waals surface area contributed by atoms with E-state index in [9.17, 15) is 9.59 Å². The summed E-state index contributed by atoms with van der Waals surface area (Å²) in [7, 11) is 3.80. The molecule has 27 heavy (non-hydrogen) atoms. The molecule has 0 unspecified atom stereocenters. The highest BCUT2D eigenvalue weighted by atomic mass is 16.5. The van der Waals surface area contributed by atoms with Crippen LogP contribution in [-0.2, 0) is 9.53 Å². The molecular weight excluding hydrogens is 340 g/mol. The first kappa shape index (κ1) is 20.5. The van der Waals surface area contributed by atoms with Gasteiger partial charge in [0.05, 0.1) is 5.56 Å². The maximum atomic E-state index is 12.3. The van der Waals surface area contributed by atoms with Crippen LogP contribution in [0.3, 0.4) is 0 Å². The third kappa shape index (κ3) is 5.84. The van der Waals surface area contributed by atoms with E-state index >= 15 is 0 Å². The topological polar surface area (TPSA) is 58.6 Å². The first-order valence-corrected chi connectivity index (χ1v) is 9.23. The zero-order valence-electron chi connectivity index (χ0n) is 16.4. The van der Waals surface area contributed by atoms with Crippen molar-refractivity contribution in [2.75, 3.05) is 25.5 Å². The van der Waals surface area contributed by atoms with Gasteiger partial charge >= 0.3 is 5.97 Å². The Balaban J connectivity index is 1.91. The molecule has 0 aliphatic carbocycles. The second kappa shape index (κ2) is 9.76. The second-order valence-electron chi connectivity index (χ2n) is 6.75. The number of carbonyl (C=O) groups excluding carboxylic acids is 2. The fourth-order valence-corrected chi connectivity index (χ4v) is 2.78. The summed E-state index contributed by atoms with van der Waals surface area (Å²) in [5, 5.41) is 2.89. The highest BCUT2D eigenvalue weighted by molar-refractivity contribution is 5.93. The molecule has 0 radical (unpaired) electrons. The molecule has 0 spiro atoms. The minimum absolute atomic E-state index is 0.231. The van der Waals surface area contributed by atoms with E-state index in [1.807, 2.05) is 43.3 Å². The summed E-state index contributed by atoms with van der Waals surface area (Å²) in [5.41, 5.74) is 2.51. The molecule has 0 aliphatic heterocycles. The number of amides is 1. The van der Waals surface area contributed by atoms with Gasteiger partial charge in [-0.2, -0.15) is 0 Å². The van der Waals surface area contributed by atoms with Crippen molar-refractivity contribution in [3.8, 4) is 0 Å². The van der Waals surface area contributed by atoms with Gasteiger partial charge in [-0.15, -0.1) is 0 Å². The van der Waals surface area contributed by atoms with Gasteiger partial charge in [-0.3, -0.25) is 4.79 Å². The summed E-state index contributed by atoms with van der Waals surface area (Å²) in [4.78, 5) is 26.6. The van der Waals surface area contributed by atoms with Crippen LogP contribution in [-0.4, -0.2) is 38.6 Å². The number of nitrogens with zero attached hydrogens (tertiary/aromatic N) is 1. The highest BCUT2D eigenvalue weighted by Gasteiger charge is 2.20. The molecule has 5 heteroatoms. The van der Waals surface area contributed by atoms with E-state index in [1.165, 1.54) is 5.56 Å². The van der Waals surface area contributed by atoms with E-state index in [2.05, 4.69) is 24.4 Å². The van der Waals surface area contributed by atoms with Gasteiger partial charge < -0.3 is 15.0 Å². The maximum absolute atomic E-state index is 12.3. The fourth-order valence-electron chi connectivity index (χ4n) is 2.78. The normalized spacial score (nSPS) is 12.7. The van der Waals surface area contributed by atoms with E-state index in [4.69, 9.17) is 4.74 Å². The van der Waals surface area contributed by atoms with Crippen molar-refractivity contribution in [2.45, 2.75) is 32.3 Å². The van der Waals surface area contributed by atoms with Gasteiger partial charge in [0, 0.05) is 32.2 Å². The molecule has 0 aromatic heterocycles. The lowest BCUT2D eigenvalue weighted by Crippen LogP contribution is -2.38. The number of benzene rings is 2. The minimum atomic E-state index is -0.853.